The highest BCUT2D eigenvalue weighted by atomic mass is 35.5. The first-order valence-corrected chi connectivity index (χ1v) is 4.68. The minimum absolute atomic E-state index is 0.499. The summed E-state index contributed by atoms with van der Waals surface area (Å²) in [6.45, 7) is 5.23. The van der Waals surface area contributed by atoms with Crippen LogP contribution in [-0.2, 0) is 11.2 Å². The summed E-state index contributed by atoms with van der Waals surface area (Å²) >= 11 is 5.77. The van der Waals surface area contributed by atoms with E-state index < -0.39 is 0 Å². The Morgan fingerprint density at radius 3 is 2.85 bits per heavy atom. The van der Waals surface area contributed by atoms with Crippen molar-refractivity contribution in [3.63, 3.8) is 0 Å². The van der Waals surface area contributed by atoms with E-state index in [0.29, 0.717) is 11.8 Å². The van der Waals surface area contributed by atoms with Crippen LogP contribution in [0.1, 0.15) is 18.4 Å². The zero-order valence-corrected chi connectivity index (χ0v) is 8.64. The molecule has 1 rings (SSSR count). The van der Waals surface area contributed by atoms with Crippen LogP contribution in [0.15, 0.2) is 6.07 Å². The lowest BCUT2D eigenvalue weighted by atomic mass is 10.4. The minimum Gasteiger partial charge on any atom is -0.381 e. The Labute approximate surface area is 83.1 Å². The van der Waals surface area contributed by atoms with Crippen molar-refractivity contribution >= 4 is 11.6 Å². The van der Waals surface area contributed by atoms with Crippen LogP contribution in [-0.4, -0.2) is 23.2 Å². The van der Waals surface area contributed by atoms with E-state index in [2.05, 4.69) is 9.97 Å². The fraction of sp³-hybridized carbons (Fsp3) is 0.556. The van der Waals surface area contributed by atoms with Crippen molar-refractivity contribution in [1.82, 2.24) is 9.97 Å². The number of nitrogens with zero attached hydrogens (tertiary/aromatic N) is 2. The first kappa shape index (κ1) is 10.4. The molecule has 0 fully saturated rings. The van der Waals surface area contributed by atoms with Gasteiger partial charge in [0.25, 0.3) is 0 Å². The normalized spacial score (nSPS) is 10.4. The van der Waals surface area contributed by atoms with E-state index in [1.54, 1.807) is 6.07 Å². The smallest absolute Gasteiger partial charge is 0.133 e. The number of ether oxygens (including phenoxy) is 1. The molecule has 1 aromatic heterocycles. The lowest BCUT2D eigenvalue weighted by Gasteiger charge is -2.01. The van der Waals surface area contributed by atoms with E-state index >= 15 is 0 Å². The fourth-order valence-electron chi connectivity index (χ4n) is 1.01. The Hall–Kier alpha value is -0.670. The Balaban J connectivity index is 2.56. The minimum atomic E-state index is 0.499. The van der Waals surface area contributed by atoms with Gasteiger partial charge in [0.05, 0.1) is 6.61 Å². The average Bonchev–Trinajstić information content (AvgIpc) is 2.03. The summed E-state index contributed by atoms with van der Waals surface area (Å²) in [5.74, 6) is 0.749. The summed E-state index contributed by atoms with van der Waals surface area (Å²) in [5, 5.41) is 0.499. The van der Waals surface area contributed by atoms with Crippen molar-refractivity contribution < 1.29 is 4.74 Å². The molecule has 0 aliphatic heterocycles. The summed E-state index contributed by atoms with van der Waals surface area (Å²) in [6.07, 6.45) is 0.718. The predicted octanol–water partition coefficient (Wildman–Crippen LogP) is 2.02. The van der Waals surface area contributed by atoms with E-state index in [1.807, 2.05) is 13.8 Å². The molecule has 1 heterocycles. The van der Waals surface area contributed by atoms with Gasteiger partial charge in [0.1, 0.15) is 11.0 Å². The van der Waals surface area contributed by atoms with Crippen LogP contribution < -0.4 is 0 Å². The molecule has 0 amide bonds. The number of aryl methyl sites for hydroxylation is 1. The molecule has 0 spiro atoms. The number of aromatic nitrogens is 2. The van der Waals surface area contributed by atoms with E-state index in [0.717, 1.165) is 24.5 Å². The molecule has 0 N–H and O–H groups in total. The van der Waals surface area contributed by atoms with Gasteiger partial charge in [-0.25, -0.2) is 9.97 Å². The van der Waals surface area contributed by atoms with Gasteiger partial charge in [-0.1, -0.05) is 11.6 Å². The van der Waals surface area contributed by atoms with Crippen LogP contribution in [0.5, 0.6) is 0 Å². The van der Waals surface area contributed by atoms with Crippen molar-refractivity contribution in [2.45, 2.75) is 20.3 Å². The van der Waals surface area contributed by atoms with E-state index in [4.69, 9.17) is 16.3 Å². The van der Waals surface area contributed by atoms with Crippen molar-refractivity contribution in [3.05, 3.63) is 22.7 Å². The molecule has 13 heavy (non-hydrogen) atoms. The lowest BCUT2D eigenvalue weighted by Crippen LogP contribution is -2.03. The topological polar surface area (TPSA) is 35.0 Å². The SMILES string of the molecule is CCOCCc1nc(C)cc(Cl)n1. The zero-order valence-electron chi connectivity index (χ0n) is 7.88. The molecule has 0 radical (unpaired) electrons. The Morgan fingerprint density at radius 2 is 2.23 bits per heavy atom. The summed E-state index contributed by atoms with van der Waals surface area (Å²) in [6, 6.07) is 1.74. The molecule has 4 heteroatoms. The van der Waals surface area contributed by atoms with Gasteiger partial charge in [0, 0.05) is 18.7 Å². The van der Waals surface area contributed by atoms with Gasteiger partial charge in [-0.3, -0.25) is 0 Å². The summed E-state index contributed by atoms with van der Waals surface area (Å²) in [4.78, 5) is 8.31. The van der Waals surface area contributed by atoms with Crippen LogP contribution in [0.3, 0.4) is 0 Å². The average molecular weight is 201 g/mol. The Morgan fingerprint density at radius 1 is 1.46 bits per heavy atom. The number of hydrogen-bond donors (Lipinski definition) is 0. The third kappa shape index (κ3) is 3.70. The van der Waals surface area contributed by atoms with Gasteiger partial charge < -0.3 is 4.74 Å². The second kappa shape index (κ2) is 5.14. The third-order valence-electron chi connectivity index (χ3n) is 1.54. The van der Waals surface area contributed by atoms with Crippen LogP contribution in [0.2, 0.25) is 5.15 Å². The van der Waals surface area contributed by atoms with Crippen molar-refractivity contribution in [2.75, 3.05) is 13.2 Å². The maximum atomic E-state index is 5.77. The largest absolute Gasteiger partial charge is 0.381 e. The van der Waals surface area contributed by atoms with Crippen LogP contribution >= 0.6 is 11.6 Å². The summed E-state index contributed by atoms with van der Waals surface area (Å²) in [5.41, 5.74) is 0.895. The van der Waals surface area contributed by atoms with Gasteiger partial charge in [0.15, 0.2) is 0 Å². The van der Waals surface area contributed by atoms with Crippen LogP contribution in [0.4, 0.5) is 0 Å². The van der Waals surface area contributed by atoms with E-state index in [-0.39, 0.29) is 0 Å². The Bertz CT molecular complexity index is 258. The Kier molecular flexibility index (Phi) is 4.12. The molecule has 1 aromatic rings. The molecule has 72 valence electrons. The van der Waals surface area contributed by atoms with Gasteiger partial charge in [-0.2, -0.15) is 0 Å². The molecule has 0 saturated carbocycles. The van der Waals surface area contributed by atoms with Crippen molar-refractivity contribution in [3.8, 4) is 0 Å². The summed E-state index contributed by atoms with van der Waals surface area (Å²) in [7, 11) is 0. The van der Waals surface area contributed by atoms with Gasteiger partial charge in [-0.15, -0.1) is 0 Å². The van der Waals surface area contributed by atoms with Crippen LogP contribution in [0.25, 0.3) is 0 Å². The van der Waals surface area contributed by atoms with Crippen molar-refractivity contribution in [2.24, 2.45) is 0 Å². The zero-order chi connectivity index (χ0) is 9.68. The monoisotopic (exact) mass is 200 g/mol. The molecule has 0 aromatic carbocycles. The molecule has 0 atom stereocenters. The van der Waals surface area contributed by atoms with Crippen molar-refractivity contribution in [1.29, 1.82) is 0 Å². The molecule has 3 nitrogen and oxygen atoms in total. The lowest BCUT2D eigenvalue weighted by molar-refractivity contribution is 0.149. The van der Waals surface area contributed by atoms with E-state index in [9.17, 15) is 0 Å². The highest BCUT2D eigenvalue weighted by Crippen LogP contribution is 2.06. The van der Waals surface area contributed by atoms with Crippen LogP contribution in [0, 0.1) is 6.92 Å². The van der Waals surface area contributed by atoms with Gasteiger partial charge in [-0.05, 0) is 19.9 Å². The molecule has 0 unspecified atom stereocenters. The maximum Gasteiger partial charge on any atom is 0.133 e. The van der Waals surface area contributed by atoms with Gasteiger partial charge in [0.2, 0.25) is 0 Å². The summed E-state index contributed by atoms with van der Waals surface area (Å²) < 4.78 is 5.19. The second-order valence-electron chi connectivity index (χ2n) is 2.70. The standard InChI is InChI=1S/C9H13ClN2O/c1-3-13-5-4-9-11-7(2)6-8(10)12-9/h6H,3-5H2,1-2H3. The number of rotatable bonds is 4. The fourth-order valence-corrected chi connectivity index (χ4v) is 1.26. The first-order valence-electron chi connectivity index (χ1n) is 4.30. The molecule has 0 bridgehead atoms. The molecule has 0 saturated heterocycles. The highest BCUT2D eigenvalue weighted by Gasteiger charge is 1.99. The van der Waals surface area contributed by atoms with E-state index in [1.165, 1.54) is 0 Å². The molecule has 0 aliphatic rings. The highest BCUT2D eigenvalue weighted by molar-refractivity contribution is 6.29. The number of hydrogen-bond acceptors (Lipinski definition) is 3. The second-order valence-corrected chi connectivity index (χ2v) is 3.08. The predicted molar refractivity (Wildman–Crippen MR) is 52.0 cm³/mol. The first-order chi connectivity index (χ1) is 6.22. The maximum absolute atomic E-state index is 5.77. The van der Waals surface area contributed by atoms with Gasteiger partial charge >= 0.3 is 0 Å². The number of halogens is 1. The molecular formula is C9H13ClN2O. The third-order valence-corrected chi connectivity index (χ3v) is 1.74. The molecule has 0 aliphatic carbocycles. The quantitative estimate of drug-likeness (QED) is 0.551. The molecular weight excluding hydrogens is 188 g/mol.